The SMILES string of the molecule is Cc1c(Cc2ccccc2Cl)c(=O)c2ccccc2n1O. The van der Waals surface area contributed by atoms with Crippen LogP contribution in [0.15, 0.2) is 53.3 Å². The molecule has 0 unspecified atom stereocenters. The van der Waals surface area contributed by atoms with E-state index < -0.39 is 0 Å². The van der Waals surface area contributed by atoms with Gasteiger partial charge in [0.05, 0.1) is 11.2 Å². The first-order valence-electron chi connectivity index (χ1n) is 6.65. The fourth-order valence-corrected chi connectivity index (χ4v) is 2.73. The van der Waals surface area contributed by atoms with Crippen LogP contribution in [0.3, 0.4) is 0 Å². The standard InChI is InChI=1S/C17H14ClNO2/c1-11-14(10-12-6-2-4-8-15(12)18)17(20)13-7-3-5-9-16(13)19(11)21/h2-9,21H,10H2,1H3. The molecule has 0 aliphatic rings. The van der Waals surface area contributed by atoms with Crippen LogP contribution >= 0.6 is 11.6 Å². The molecule has 0 amide bonds. The molecule has 1 heterocycles. The maximum absolute atomic E-state index is 12.6. The Balaban J connectivity index is 2.24. The molecule has 1 aromatic heterocycles. The van der Waals surface area contributed by atoms with Crippen molar-refractivity contribution < 1.29 is 5.21 Å². The van der Waals surface area contributed by atoms with Crippen LogP contribution in [0, 0.1) is 6.92 Å². The minimum Gasteiger partial charge on any atom is -0.428 e. The van der Waals surface area contributed by atoms with Crippen LogP contribution in [0.2, 0.25) is 5.02 Å². The van der Waals surface area contributed by atoms with Crippen molar-refractivity contribution in [2.24, 2.45) is 0 Å². The molecular weight excluding hydrogens is 286 g/mol. The van der Waals surface area contributed by atoms with Gasteiger partial charge in [0.25, 0.3) is 0 Å². The fraction of sp³-hybridized carbons (Fsp3) is 0.118. The van der Waals surface area contributed by atoms with Crippen molar-refractivity contribution in [3.63, 3.8) is 0 Å². The van der Waals surface area contributed by atoms with Gasteiger partial charge in [0.15, 0.2) is 5.43 Å². The highest BCUT2D eigenvalue weighted by Gasteiger charge is 2.14. The lowest BCUT2D eigenvalue weighted by molar-refractivity contribution is 0.190. The summed E-state index contributed by atoms with van der Waals surface area (Å²) in [4.78, 5) is 12.6. The van der Waals surface area contributed by atoms with E-state index in [1.54, 1.807) is 37.3 Å². The second-order valence-corrected chi connectivity index (χ2v) is 5.40. The number of nitrogens with zero attached hydrogens (tertiary/aromatic N) is 1. The average molecular weight is 300 g/mol. The van der Waals surface area contributed by atoms with Crippen molar-refractivity contribution in [3.8, 4) is 0 Å². The Labute approximate surface area is 127 Å². The Bertz CT molecular complexity index is 884. The number of halogens is 1. The van der Waals surface area contributed by atoms with Crippen LogP contribution in [0.5, 0.6) is 0 Å². The minimum absolute atomic E-state index is 0.0617. The number of hydrogen-bond donors (Lipinski definition) is 1. The van der Waals surface area contributed by atoms with E-state index in [2.05, 4.69) is 0 Å². The molecule has 0 saturated heterocycles. The molecule has 2 aromatic carbocycles. The summed E-state index contributed by atoms with van der Waals surface area (Å²) < 4.78 is 1.07. The van der Waals surface area contributed by atoms with Gasteiger partial charge in [-0.25, -0.2) is 0 Å². The highest BCUT2D eigenvalue weighted by Crippen LogP contribution is 2.21. The first kappa shape index (κ1) is 13.7. The van der Waals surface area contributed by atoms with Gasteiger partial charge in [-0.1, -0.05) is 41.9 Å². The summed E-state index contributed by atoms with van der Waals surface area (Å²) in [6.45, 7) is 1.74. The van der Waals surface area contributed by atoms with Gasteiger partial charge in [-0.15, -0.1) is 0 Å². The molecule has 0 saturated carbocycles. The van der Waals surface area contributed by atoms with Crippen molar-refractivity contribution >= 4 is 22.5 Å². The molecule has 1 N–H and O–H groups in total. The van der Waals surface area contributed by atoms with Crippen molar-refractivity contribution in [3.05, 3.63) is 80.6 Å². The Kier molecular flexibility index (Phi) is 3.43. The Morgan fingerprint density at radius 2 is 1.76 bits per heavy atom. The molecule has 0 fully saturated rings. The monoisotopic (exact) mass is 299 g/mol. The van der Waals surface area contributed by atoms with E-state index in [1.165, 1.54) is 0 Å². The summed E-state index contributed by atoms with van der Waals surface area (Å²) in [6.07, 6.45) is 0.399. The van der Waals surface area contributed by atoms with Crippen LogP contribution in [0.25, 0.3) is 10.9 Å². The normalized spacial score (nSPS) is 11.0. The van der Waals surface area contributed by atoms with Crippen LogP contribution in [0.1, 0.15) is 16.8 Å². The highest BCUT2D eigenvalue weighted by atomic mass is 35.5. The summed E-state index contributed by atoms with van der Waals surface area (Å²) in [6, 6.07) is 14.4. The van der Waals surface area contributed by atoms with Crippen LogP contribution in [0.4, 0.5) is 0 Å². The molecule has 0 bridgehead atoms. The van der Waals surface area contributed by atoms with Gasteiger partial charge in [0, 0.05) is 22.4 Å². The van der Waals surface area contributed by atoms with Gasteiger partial charge in [0.2, 0.25) is 0 Å². The van der Waals surface area contributed by atoms with E-state index in [9.17, 15) is 10.0 Å². The zero-order valence-electron chi connectivity index (χ0n) is 11.5. The first-order chi connectivity index (χ1) is 10.1. The van der Waals surface area contributed by atoms with Gasteiger partial charge in [-0.05, 0) is 30.7 Å². The van der Waals surface area contributed by atoms with E-state index in [1.807, 2.05) is 18.2 Å². The van der Waals surface area contributed by atoms with E-state index in [4.69, 9.17) is 11.6 Å². The number of aromatic nitrogens is 1. The zero-order chi connectivity index (χ0) is 15.0. The minimum atomic E-state index is -0.0617. The summed E-state index contributed by atoms with van der Waals surface area (Å²) in [5.41, 5.74) is 2.42. The third-order valence-corrected chi connectivity index (χ3v) is 4.10. The van der Waals surface area contributed by atoms with Crippen LogP contribution in [-0.2, 0) is 6.42 Å². The Hall–Kier alpha value is -2.26. The molecule has 3 rings (SSSR count). The van der Waals surface area contributed by atoms with Crippen molar-refractivity contribution in [1.29, 1.82) is 0 Å². The summed E-state index contributed by atoms with van der Waals surface area (Å²) in [5, 5.41) is 11.4. The summed E-state index contributed by atoms with van der Waals surface area (Å²) >= 11 is 6.17. The Morgan fingerprint density at radius 3 is 2.52 bits per heavy atom. The molecule has 3 aromatic rings. The van der Waals surface area contributed by atoms with Crippen LogP contribution in [-0.4, -0.2) is 9.94 Å². The van der Waals surface area contributed by atoms with Gasteiger partial charge < -0.3 is 5.21 Å². The van der Waals surface area contributed by atoms with E-state index >= 15 is 0 Å². The summed E-state index contributed by atoms with van der Waals surface area (Å²) in [7, 11) is 0. The third-order valence-electron chi connectivity index (χ3n) is 3.73. The lowest BCUT2D eigenvalue weighted by Gasteiger charge is -2.13. The highest BCUT2D eigenvalue weighted by molar-refractivity contribution is 6.31. The van der Waals surface area contributed by atoms with Gasteiger partial charge >= 0.3 is 0 Å². The molecule has 3 nitrogen and oxygen atoms in total. The average Bonchev–Trinajstić information content (AvgIpc) is 2.51. The quantitative estimate of drug-likeness (QED) is 0.732. The van der Waals surface area contributed by atoms with Crippen molar-refractivity contribution in [1.82, 2.24) is 4.73 Å². The zero-order valence-corrected chi connectivity index (χ0v) is 12.3. The molecule has 21 heavy (non-hydrogen) atoms. The number of benzene rings is 2. The molecule has 0 atom stereocenters. The number of para-hydroxylation sites is 1. The first-order valence-corrected chi connectivity index (χ1v) is 7.03. The third kappa shape index (κ3) is 2.30. The van der Waals surface area contributed by atoms with Crippen molar-refractivity contribution in [2.75, 3.05) is 0 Å². The lowest BCUT2D eigenvalue weighted by Crippen LogP contribution is -2.18. The maximum atomic E-state index is 12.6. The van der Waals surface area contributed by atoms with E-state index in [0.717, 1.165) is 10.3 Å². The molecule has 0 aliphatic carbocycles. The largest absolute Gasteiger partial charge is 0.428 e. The fourth-order valence-electron chi connectivity index (χ4n) is 2.53. The number of fused-ring (bicyclic) bond motifs is 1. The van der Waals surface area contributed by atoms with Crippen molar-refractivity contribution in [2.45, 2.75) is 13.3 Å². The topological polar surface area (TPSA) is 42.2 Å². The lowest BCUT2D eigenvalue weighted by atomic mass is 10.0. The number of pyridine rings is 1. The van der Waals surface area contributed by atoms with Crippen LogP contribution < -0.4 is 5.43 Å². The van der Waals surface area contributed by atoms with Gasteiger partial charge in [-0.2, -0.15) is 4.73 Å². The van der Waals surface area contributed by atoms with Gasteiger partial charge in [0.1, 0.15) is 0 Å². The van der Waals surface area contributed by atoms with Gasteiger partial charge in [-0.3, -0.25) is 4.79 Å². The second kappa shape index (κ2) is 5.26. The van der Waals surface area contributed by atoms with E-state index in [0.29, 0.717) is 33.6 Å². The number of rotatable bonds is 2. The molecule has 0 radical (unpaired) electrons. The smallest absolute Gasteiger partial charge is 0.193 e. The molecule has 0 aliphatic heterocycles. The molecule has 4 heteroatoms. The summed E-state index contributed by atoms with van der Waals surface area (Å²) in [5.74, 6) is 0. The predicted octanol–water partition coefficient (Wildman–Crippen LogP) is 3.79. The Morgan fingerprint density at radius 1 is 1.10 bits per heavy atom. The predicted molar refractivity (Wildman–Crippen MR) is 84.4 cm³/mol. The molecular formula is C17H14ClNO2. The van der Waals surface area contributed by atoms with E-state index in [-0.39, 0.29) is 5.43 Å². The molecule has 106 valence electrons. The number of hydrogen-bond acceptors (Lipinski definition) is 2. The second-order valence-electron chi connectivity index (χ2n) is 4.99. The maximum Gasteiger partial charge on any atom is 0.193 e. The molecule has 0 spiro atoms.